The number of amides is 1. The summed E-state index contributed by atoms with van der Waals surface area (Å²) in [5.74, 6) is -0.274. The predicted molar refractivity (Wildman–Crippen MR) is 63.2 cm³/mol. The van der Waals surface area contributed by atoms with E-state index in [9.17, 15) is 17.1 Å². The van der Waals surface area contributed by atoms with Gasteiger partial charge in [0.2, 0.25) is 5.91 Å². The molecule has 1 aliphatic heterocycles. The SMILES string of the molecule is COCC1(CN2CC(S(=O)(=O)F)CC2=O)CCC1. The molecule has 1 aliphatic carbocycles. The van der Waals surface area contributed by atoms with Gasteiger partial charge in [-0.05, 0) is 12.8 Å². The van der Waals surface area contributed by atoms with Crippen molar-refractivity contribution in [3.05, 3.63) is 0 Å². The Labute approximate surface area is 106 Å². The van der Waals surface area contributed by atoms with E-state index < -0.39 is 15.5 Å². The predicted octanol–water partition coefficient (Wildman–Crippen LogP) is 0.703. The Morgan fingerprint density at radius 2 is 2.17 bits per heavy atom. The topological polar surface area (TPSA) is 63.7 Å². The molecule has 0 aromatic heterocycles. The van der Waals surface area contributed by atoms with E-state index in [-0.39, 0.29) is 24.3 Å². The zero-order valence-corrected chi connectivity index (χ0v) is 11.2. The van der Waals surface area contributed by atoms with Gasteiger partial charge in [-0.1, -0.05) is 6.42 Å². The minimum atomic E-state index is -4.62. The van der Waals surface area contributed by atoms with Gasteiger partial charge in [0.1, 0.15) is 5.25 Å². The van der Waals surface area contributed by atoms with Crippen molar-refractivity contribution in [3.63, 3.8) is 0 Å². The molecule has 1 saturated heterocycles. The molecule has 0 bridgehead atoms. The van der Waals surface area contributed by atoms with Crippen LogP contribution in [-0.2, 0) is 19.8 Å². The molecule has 1 amide bonds. The normalized spacial score (nSPS) is 27.3. The molecule has 0 radical (unpaired) electrons. The fourth-order valence-electron chi connectivity index (χ4n) is 2.81. The third-order valence-corrected chi connectivity index (χ3v) is 5.08. The molecule has 0 aromatic carbocycles. The van der Waals surface area contributed by atoms with E-state index in [2.05, 4.69) is 0 Å². The molecule has 1 unspecified atom stereocenters. The van der Waals surface area contributed by atoms with E-state index in [1.54, 1.807) is 7.11 Å². The molecule has 7 heteroatoms. The quantitative estimate of drug-likeness (QED) is 0.695. The molecule has 2 fully saturated rings. The highest BCUT2D eigenvalue weighted by Gasteiger charge is 2.44. The van der Waals surface area contributed by atoms with E-state index in [0.29, 0.717) is 13.2 Å². The molecular weight excluding hydrogens is 261 g/mol. The molecule has 104 valence electrons. The average molecular weight is 279 g/mol. The van der Waals surface area contributed by atoms with Gasteiger partial charge < -0.3 is 9.64 Å². The number of methoxy groups -OCH3 is 1. The molecule has 0 spiro atoms. The second kappa shape index (κ2) is 4.77. The minimum Gasteiger partial charge on any atom is -0.384 e. The van der Waals surface area contributed by atoms with Gasteiger partial charge in [-0.25, -0.2) is 0 Å². The Kier molecular flexibility index (Phi) is 3.64. The van der Waals surface area contributed by atoms with Crippen molar-refractivity contribution in [1.82, 2.24) is 4.90 Å². The maximum Gasteiger partial charge on any atom is 0.307 e. The molecule has 1 atom stereocenters. The zero-order valence-electron chi connectivity index (χ0n) is 10.4. The van der Waals surface area contributed by atoms with E-state index in [0.717, 1.165) is 19.3 Å². The van der Waals surface area contributed by atoms with E-state index in [1.807, 2.05) is 0 Å². The number of hydrogen-bond donors (Lipinski definition) is 0. The second-order valence-electron chi connectivity index (χ2n) is 5.36. The van der Waals surface area contributed by atoms with Crippen molar-refractivity contribution in [2.45, 2.75) is 30.9 Å². The number of nitrogens with zero attached hydrogens (tertiary/aromatic N) is 1. The van der Waals surface area contributed by atoms with Crippen molar-refractivity contribution >= 4 is 16.1 Å². The Hall–Kier alpha value is -0.690. The number of ether oxygens (including phenoxy) is 1. The highest BCUT2D eigenvalue weighted by molar-refractivity contribution is 7.87. The number of hydrogen-bond acceptors (Lipinski definition) is 4. The third kappa shape index (κ3) is 2.66. The van der Waals surface area contributed by atoms with Gasteiger partial charge in [-0.2, -0.15) is 8.42 Å². The van der Waals surface area contributed by atoms with Gasteiger partial charge in [0, 0.05) is 32.0 Å². The van der Waals surface area contributed by atoms with Crippen LogP contribution in [-0.4, -0.2) is 51.3 Å². The summed E-state index contributed by atoms with van der Waals surface area (Å²) in [6, 6.07) is 0. The first-order valence-electron chi connectivity index (χ1n) is 6.06. The molecule has 1 heterocycles. The second-order valence-corrected chi connectivity index (χ2v) is 6.98. The van der Waals surface area contributed by atoms with Gasteiger partial charge in [0.25, 0.3) is 0 Å². The number of carbonyl (C=O) groups excluding carboxylic acids is 1. The summed E-state index contributed by atoms with van der Waals surface area (Å²) in [6.45, 7) is 1.01. The maximum atomic E-state index is 12.9. The van der Waals surface area contributed by atoms with Crippen LogP contribution in [0.1, 0.15) is 25.7 Å². The number of carbonyl (C=O) groups is 1. The van der Waals surface area contributed by atoms with Gasteiger partial charge in [0.05, 0.1) is 6.61 Å². The summed E-state index contributed by atoms with van der Waals surface area (Å²) in [5, 5.41) is -1.19. The van der Waals surface area contributed by atoms with Gasteiger partial charge in [-0.15, -0.1) is 3.89 Å². The fraction of sp³-hybridized carbons (Fsp3) is 0.909. The number of halogens is 1. The first-order valence-corrected chi connectivity index (χ1v) is 7.51. The fourth-order valence-corrected chi connectivity index (χ4v) is 3.51. The Balaban J connectivity index is 2.00. The van der Waals surface area contributed by atoms with Gasteiger partial charge in [0.15, 0.2) is 0 Å². The molecule has 1 saturated carbocycles. The minimum absolute atomic E-state index is 0.0247. The molecule has 2 rings (SSSR count). The van der Waals surface area contributed by atoms with Crippen LogP contribution >= 0.6 is 0 Å². The van der Waals surface area contributed by atoms with Crippen LogP contribution < -0.4 is 0 Å². The van der Waals surface area contributed by atoms with Crippen LogP contribution in [0.25, 0.3) is 0 Å². The lowest BCUT2D eigenvalue weighted by Crippen LogP contribution is -2.46. The largest absolute Gasteiger partial charge is 0.384 e. The Bertz CT molecular complexity index is 432. The molecule has 0 aromatic rings. The van der Waals surface area contributed by atoms with Crippen LogP contribution in [0.4, 0.5) is 3.89 Å². The number of rotatable bonds is 5. The third-order valence-electron chi connectivity index (χ3n) is 3.97. The Morgan fingerprint density at radius 1 is 1.50 bits per heavy atom. The van der Waals surface area contributed by atoms with Crippen LogP contribution in [0.3, 0.4) is 0 Å². The molecular formula is C11H18FNO4S. The van der Waals surface area contributed by atoms with E-state index in [1.165, 1.54) is 4.90 Å². The van der Waals surface area contributed by atoms with Crippen LogP contribution in [0.15, 0.2) is 0 Å². The summed E-state index contributed by atoms with van der Waals surface area (Å²) < 4.78 is 39.7. The van der Waals surface area contributed by atoms with Crippen molar-refractivity contribution in [2.24, 2.45) is 5.41 Å². The lowest BCUT2D eigenvalue weighted by molar-refractivity contribution is -0.131. The number of likely N-dealkylation sites (tertiary alicyclic amines) is 1. The van der Waals surface area contributed by atoms with Crippen LogP contribution in [0, 0.1) is 5.41 Å². The molecule has 18 heavy (non-hydrogen) atoms. The van der Waals surface area contributed by atoms with Crippen molar-refractivity contribution in [1.29, 1.82) is 0 Å². The van der Waals surface area contributed by atoms with Crippen LogP contribution in [0.5, 0.6) is 0 Å². The lowest BCUT2D eigenvalue weighted by Gasteiger charge is -2.43. The molecule has 0 N–H and O–H groups in total. The Morgan fingerprint density at radius 3 is 2.56 bits per heavy atom. The van der Waals surface area contributed by atoms with Gasteiger partial charge >= 0.3 is 10.2 Å². The summed E-state index contributed by atoms with van der Waals surface area (Å²) in [5.41, 5.74) is -0.0562. The zero-order chi connectivity index (χ0) is 13.4. The van der Waals surface area contributed by atoms with Crippen molar-refractivity contribution < 1.29 is 21.8 Å². The van der Waals surface area contributed by atoms with Crippen molar-refractivity contribution in [3.8, 4) is 0 Å². The smallest absolute Gasteiger partial charge is 0.307 e. The summed E-state index contributed by atoms with van der Waals surface area (Å²) in [6.07, 6.45) is 2.80. The summed E-state index contributed by atoms with van der Waals surface area (Å²) >= 11 is 0. The van der Waals surface area contributed by atoms with Crippen molar-refractivity contribution in [2.75, 3.05) is 26.8 Å². The molecule has 5 nitrogen and oxygen atoms in total. The van der Waals surface area contributed by atoms with Crippen LogP contribution in [0.2, 0.25) is 0 Å². The first kappa shape index (κ1) is 13.7. The highest BCUT2D eigenvalue weighted by Crippen LogP contribution is 2.42. The molecule has 2 aliphatic rings. The van der Waals surface area contributed by atoms with E-state index in [4.69, 9.17) is 4.74 Å². The maximum absolute atomic E-state index is 12.9. The first-order chi connectivity index (χ1) is 8.36. The van der Waals surface area contributed by atoms with E-state index >= 15 is 0 Å². The average Bonchev–Trinajstić information content (AvgIpc) is 2.57. The monoisotopic (exact) mass is 279 g/mol. The standard InChI is InChI=1S/C11H18FNO4S/c1-17-8-11(3-2-4-11)7-13-6-9(5-10(13)14)18(12,15)16/h9H,2-8H2,1H3. The lowest BCUT2D eigenvalue weighted by atomic mass is 9.69. The summed E-state index contributed by atoms with van der Waals surface area (Å²) in [4.78, 5) is 13.2. The van der Waals surface area contributed by atoms with Gasteiger partial charge in [-0.3, -0.25) is 4.79 Å². The highest BCUT2D eigenvalue weighted by atomic mass is 32.3. The summed E-state index contributed by atoms with van der Waals surface area (Å²) in [7, 11) is -3.01.